The van der Waals surface area contributed by atoms with Crippen LogP contribution in [0.1, 0.15) is 5.69 Å². The first-order valence-corrected chi connectivity index (χ1v) is 3.78. The number of hydrogen-bond donors (Lipinski definition) is 1. The van der Waals surface area contributed by atoms with Crippen LogP contribution in [0.15, 0.2) is 18.3 Å². The Balaban J connectivity index is 2.73. The summed E-state index contributed by atoms with van der Waals surface area (Å²) in [7, 11) is 1.73. The van der Waals surface area contributed by atoms with Gasteiger partial charge in [-0.3, -0.25) is 0 Å². The van der Waals surface area contributed by atoms with Crippen molar-refractivity contribution in [2.24, 2.45) is 0 Å². The maximum absolute atomic E-state index is 8.74. The highest BCUT2D eigenvalue weighted by Crippen LogP contribution is 2.07. The topological polar surface area (TPSA) is 66.0 Å². The summed E-state index contributed by atoms with van der Waals surface area (Å²) in [6.45, 7) is 0. The van der Waals surface area contributed by atoms with Crippen LogP contribution in [-0.4, -0.2) is 21.6 Å². The Labute approximate surface area is 74.6 Å². The van der Waals surface area contributed by atoms with E-state index in [0.717, 1.165) is 5.52 Å². The summed E-state index contributed by atoms with van der Waals surface area (Å²) in [5, 5.41) is 15.6. The van der Waals surface area contributed by atoms with Crippen molar-refractivity contribution in [3.63, 3.8) is 0 Å². The third-order valence-corrected chi connectivity index (χ3v) is 1.74. The van der Waals surface area contributed by atoms with Gasteiger partial charge in [0.1, 0.15) is 11.8 Å². The van der Waals surface area contributed by atoms with Gasteiger partial charge in [-0.2, -0.15) is 5.26 Å². The second kappa shape index (κ2) is 2.75. The van der Waals surface area contributed by atoms with Gasteiger partial charge in [0.15, 0.2) is 0 Å². The molecule has 0 fully saturated rings. The Morgan fingerprint density at radius 2 is 2.38 bits per heavy atom. The van der Waals surface area contributed by atoms with Crippen LogP contribution in [0.25, 0.3) is 5.52 Å². The summed E-state index contributed by atoms with van der Waals surface area (Å²) in [4.78, 5) is 4.02. The monoisotopic (exact) mass is 173 g/mol. The number of nitrogens with one attached hydrogen (secondary N) is 1. The maximum Gasteiger partial charge on any atom is 0.240 e. The second-order valence-corrected chi connectivity index (χ2v) is 2.50. The Bertz CT molecular complexity index is 479. The minimum absolute atomic E-state index is 0.500. The molecule has 0 saturated heterocycles. The van der Waals surface area contributed by atoms with Crippen molar-refractivity contribution in [1.29, 1.82) is 5.26 Å². The zero-order chi connectivity index (χ0) is 9.26. The standard InChI is InChI=1S/C8H7N5/c1-10-8-11-5-7-3-2-6(4-9)13(7)12-8/h2-3,5H,1H3,(H,10,12). The molecule has 5 heteroatoms. The van der Waals surface area contributed by atoms with Gasteiger partial charge < -0.3 is 5.32 Å². The average molecular weight is 173 g/mol. The van der Waals surface area contributed by atoms with Gasteiger partial charge in [0.05, 0.1) is 11.7 Å². The van der Waals surface area contributed by atoms with Gasteiger partial charge in [-0.15, -0.1) is 5.10 Å². The predicted octanol–water partition coefficient (Wildman–Crippen LogP) is 0.643. The zero-order valence-electron chi connectivity index (χ0n) is 7.02. The largest absolute Gasteiger partial charge is 0.356 e. The van der Waals surface area contributed by atoms with E-state index >= 15 is 0 Å². The highest BCUT2D eigenvalue weighted by molar-refractivity contribution is 5.50. The van der Waals surface area contributed by atoms with Crippen LogP contribution in [0.2, 0.25) is 0 Å². The lowest BCUT2D eigenvalue weighted by atomic mass is 10.5. The van der Waals surface area contributed by atoms with E-state index in [4.69, 9.17) is 5.26 Å². The Morgan fingerprint density at radius 1 is 1.54 bits per heavy atom. The summed E-state index contributed by atoms with van der Waals surface area (Å²) >= 11 is 0. The van der Waals surface area contributed by atoms with Crippen molar-refractivity contribution in [3.05, 3.63) is 24.0 Å². The molecule has 2 aromatic rings. The Hall–Kier alpha value is -2.09. The van der Waals surface area contributed by atoms with Crippen molar-refractivity contribution >= 4 is 11.5 Å². The highest BCUT2D eigenvalue weighted by atomic mass is 15.3. The number of hydrogen-bond acceptors (Lipinski definition) is 4. The van der Waals surface area contributed by atoms with E-state index in [0.29, 0.717) is 11.6 Å². The molecular formula is C8H7N5. The predicted molar refractivity (Wildman–Crippen MR) is 47.2 cm³/mol. The molecule has 0 radical (unpaired) electrons. The Morgan fingerprint density at radius 3 is 3.08 bits per heavy atom. The molecule has 0 spiro atoms. The van der Waals surface area contributed by atoms with E-state index in [1.54, 1.807) is 29.9 Å². The van der Waals surface area contributed by atoms with Crippen molar-refractivity contribution in [1.82, 2.24) is 14.6 Å². The number of aromatic nitrogens is 3. The molecule has 5 nitrogen and oxygen atoms in total. The molecule has 0 aromatic carbocycles. The van der Waals surface area contributed by atoms with E-state index < -0.39 is 0 Å². The normalized spacial score (nSPS) is 9.85. The van der Waals surface area contributed by atoms with E-state index in [2.05, 4.69) is 15.4 Å². The fourth-order valence-electron chi connectivity index (χ4n) is 1.10. The SMILES string of the molecule is CNc1ncc2ccc(C#N)n2n1. The second-order valence-electron chi connectivity index (χ2n) is 2.50. The van der Waals surface area contributed by atoms with Crippen molar-refractivity contribution in [2.75, 3.05) is 12.4 Å². The number of fused-ring (bicyclic) bond motifs is 1. The van der Waals surface area contributed by atoms with Crippen molar-refractivity contribution in [2.45, 2.75) is 0 Å². The summed E-state index contributed by atoms with van der Waals surface area (Å²) in [6, 6.07) is 5.56. The molecule has 13 heavy (non-hydrogen) atoms. The lowest BCUT2D eigenvalue weighted by Crippen LogP contribution is -2.02. The van der Waals surface area contributed by atoms with Crippen LogP contribution >= 0.6 is 0 Å². The minimum atomic E-state index is 0.500. The first-order valence-electron chi connectivity index (χ1n) is 3.78. The van der Waals surface area contributed by atoms with Gasteiger partial charge >= 0.3 is 0 Å². The zero-order valence-corrected chi connectivity index (χ0v) is 7.02. The fraction of sp³-hybridized carbons (Fsp3) is 0.125. The van der Waals surface area contributed by atoms with Gasteiger partial charge in [0.2, 0.25) is 5.95 Å². The third kappa shape index (κ3) is 1.08. The van der Waals surface area contributed by atoms with Gasteiger partial charge in [0, 0.05) is 7.05 Å². The summed E-state index contributed by atoms with van der Waals surface area (Å²) in [5.41, 5.74) is 1.32. The lowest BCUT2D eigenvalue weighted by molar-refractivity contribution is 0.896. The van der Waals surface area contributed by atoms with E-state index in [9.17, 15) is 0 Å². The van der Waals surface area contributed by atoms with Crippen LogP contribution in [-0.2, 0) is 0 Å². The van der Waals surface area contributed by atoms with Crippen LogP contribution in [0.4, 0.5) is 5.95 Å². The van der Waals surface area contributed by atoms with Crippen LogP contribution in [0.3, 0.4) is 0 Å². The molecule has 1 N–H and O–H groups in total. The van der Waals surface area contributed by atoms with Crippen molar-refractivity contribution < 1.29 is 0 Å². The molecule has 64 valence electrons. The summed E-state index contributed by atoms with van der Waals surface area (Å²) in [6.07, 6.45) is 1.67. The van der Waals surface area contributed by atoms with E-state index in [1.165, 1.54) is 0 Å². The lowest BCUT2D eigenvalue weighted by Gasteiger charge is -1.98. The van der Waals surface area contributed by atoms with Crippen LogP contribution < -0.4 is 5.32 Å². The number of rotatable bonds is 1. The minimum Gasteiger partial charge on any atom is -0.356 e. The molecule has 0 atom stereocenters. The average Bonchev–Trinajstić information content (AvgIpc) is 2.59. The summed E-state index contributed by atoms with van der Waals surface area (Å²) < 4.78 is 1.55. The van der Waals surface area contributed by atoms with Gasteiger partial charge in [-0.05, 0) is 12.1 Å². The van der Waals surface area contributed by atoms with Crippen molar-refractivity contribution in [3.8, 4) is 6.07 Å². The summed E-state index contributed by atoms with van der Waals surface area (Å²) in [5.74, 6) is 0.500. The van der Waals surface area contributed by atoms with Gasteiger partial charge in [-0.25, -0.2) is 9.50 Å². The molecule has 0 saturated carbocycles. The van der Waals surface area contributed by atoms with Gasteiger partial charge in [0.25, 0.3) is 0 Å². The van der Waals surface area contributed by atoms with Crippen LogP contribution in [0.5, 0.6) is 0 Å². The van der Waals surface area contributed by atoms with Gasteiger partial charge in [-0.1, -0.05) is 0 Å². The fourth-order valence-corrected chi connectivity index (χ4v) is 1.10. The first kappa shape index (κ1) is 7.55. The molecule has 2 aromatic heterocycles. The number of nitrogens with zero attached hydrogens (tertiary/aromatic N) is 4. The molecular weight excluding hydrogens is 166 g/mol. The molecule has 2 heterocycles. The number of anilines is 1. The molecule has 0 amide bonds. The first-order chi connectivity index (χ1) is 6.35. The molecule has 0 unspecified atom stereocenters. The molecule has 0 aliphatic heterocycles. The quantitative estimate of drug-likeness (QED) is 0.687. The third-order valence-electron chi connectivity index (χ3n) is 1.74. The van der Waals surface area contributed by atoms with Crippen LogP contribution in [0, 0.1) is 11.3 Å². The smallest absolute Gasteiger partial charge is 0.240 e. The maximum atomic E-state index is 8.74. The number of nitriles is 1. The highest BCUT2D eigenvalue weighted by Gasteiger charge is 2.02. The van der Waals surface area contributed by atoms with E-state index in [-0.39, 0.29) is 0 Å². The molecule has 0 aliphatic carbocycles. The molecule has 0 bridgehead atoms. The molecule has 2 rings (SSSR count). The Kier molecular flexibility index (Phi) is 1.60. The van der Waals surface area contributed by atoms with E-state index in [1.807, 2.05) is 6.07 Å². The molecule has 0 aliphatic rings.